The Morgan fingerprint density at radius 2 is 2.00 bits per heavy atom. The standard InChI is InChI=1S/C15H18N2O3/c1-9-7-10-8-11(5-6-12(10)20-9)17-13(18)15(2,3)16(4)14(17)19/h5-6,8-9H,7H2,1-4H3. The van der Waals surface area contributed by atoms with E-state index in [9.17, 15) is 9.59 Å². The summed E-state index contributed by atoms with van der Waals surface area (Å²) in [4.78, 5) is 27.5. The molecule has 20 heavy (non-hydrogen) atoms. The van der Waals surface area contributed by atoms with Crippen molar-refractivity contribution in [2.24, 2.45) is 0 Å². The molecule has 5 nitrogen and oxygen atoms in total. The van der Waals surface area contributed by atoms with Crippen LogP contribution in [0.4, 0.5) is 10.5 Å². The van der Waals surface area contributed by atoms with Crippen molar-refractivity contribution in [1.29, 1.82) is 0 Å². The summed E-state index contributed by atoms with van der Waals surface area (Å²) in [7, 11) is 1.65. The minimum atomic E-state index is -0.806. The van der Waals surface area contributed by atoms with Gasteiger partial charge in [0, 0.05) is 13.5 Å². The molecule has 5 heteroatoms. The molecule has 106 valence electrons. The maximum Gasteiger partial charge on any atom is 0.332 e. The fourth-order valence-electron chi connectivity index (χ4n) is 2.67. The lowest BCUT2D eigenvalue weighted by Crippen LogP contribution is -2.41. The summed E-state index contributed by atoms with van der Waals surface area (Å²) < 4.78 is 5.64. The Labute approximate surface area is 118 Å². The second-order valence-electron chi connectivity index (χ2n) is 5.97. The van der Waals surface area contributed by atoms with Crippen LogP contribution in [0.5, 0.6) is 5.75 Å². The number of amides is 3. The molecule has 1 aromatic carbocycles. The molecule has 1 aromatic rings. The fourth-order valence-corrected chi connectivity index (χ4v) is 2.67. The number of nitrogens with zero attached hydrogens (tertiary/aromatic N) is 2. The molecule has 0 bridgehead atoms. The number of ether oxygens (including phenoxy) is 1. The van der Waals surface area contributed by atoms with Crippen LogP contribution in [-0.4, -0.2) is 35.5 Å². The Morgan fingerprint density at radius 1 is 1.30 bits per heavy atom. The van der Waals surface area contributed by atoms with Gasteiger partial charge >= 0.3 is 6.03 Å². The van der Waals surface area contributed by atoms with E-state index in [2.05, 4.69) is 0 Å². The molecule has 3 rings (SSSR count). The van der Waals surface area contributed by atoms with E-state index < -0.39 is 5.54 Å². The number of rotatable bonds is 1. The van der Waals surface area contributed by atoms with E-state index in [1.165, 1.54) is 9.80 Å². The maximum absolute atomic E-state index is 12.4. The van der Waals surface area contributed by atoms with E-state index in [1.807, 2.05) is 19.1 Å². The Morgan fingerprint density at radius 3 is 2.60 bits per heavy atom. The number of urea groups is 1. The van der Waals surface area contributed by atoms with Gasteiger partial charge in [0.05, 0.1) is 5.69 Å². The van der Waals surface area contributed by atoms with Crippen LogP contribution in [0.1, 0.15) is 26.3 Å². The first kappa shape index (κ1) is 13.0. The number of likely N-dealkylation sites (N-methyl/N-ethyl adjacent to an activating group) is 1. The van der Waals surface area contributed by atoms with Gasteiger partial charge in [-0.3, -0.25) is 4.79 Å². The largest absolute Gasteiger partial charge is 0.490 e. The van der Waals surface area contributed by atoms with Crippen LogP contribution in [-0.2, 0) is 11.2 Å². The highest BCUT2D eigenvalue weighted by Gasteiger charge is 2.50. The van der Waals surface area contributed by atoms with E-state index in [4.69, 9.17) is 4.74 Å². The van der Waals surface area contributed by atoms with Crippen LogP contribution in [0.25, 0.3) is 0 Å². The average Bonchev–Trinajstić information content (AvgIpc) is 2.82. The van der Waals surface area contributed by atoms with Gasteiger partial charge in [-0.1, -0.05) is 0 Å². The lowest BCUT2D eigenvalue weighted by atomic mass is 10.0. The molecule has 0 spiro atoms. The molecule has 2 aliphatic heterocycles. The third kappa shape index (κ3) is 1.62. The lowest BCUT2D eigenvalue weighted by molar-refractivity contribution is -0.123. The van der Waals surface area contributed by atoms with Crippen LogP contribution in [0.15, 0.2) is 18.2 Å². The van der Waals surface area contributed by atoms with Gasteiger partial charge in [0.1, 0.15) is 17.4 Å². The highest BCUT2D eigenvalue weighted by Crippen LogP contribution is 2.36. The molecule has 1 fully saturated rings. The monoisotopic (exact) mass is 274 g/mol. The summed E-state index contributed by atoms with van der Waals surface area (Å²) in [6, 6.07) is 5.19. The molecule has 1 unspecified atom stereocenters. The third-order valence-corrected chi connectivity index (χ3v) is 4.18. The average molecular weight is 274 g/mol. The summed E-state index contributed by atoms with van der Waals surface area (Å²) in [6.07, 6.45) is 0.947. The van der Waals surface area contributed by atoms with Crippen molar-refractivity contribution in [2.75, 3.05) is 11.9 Å². The Kier molecular flexibility index (Phi) is 2.58. The second kappa shape index (κ2) is 3.98. The van der Waals surface area contributed by atoms with Crippen LogP contribution in [0, 0.1) is 0 Å². The quantitative estimate of drug-likeness (QED) is 0.738. The fraction of sp³-hybridized carbons (Fsp3) is 0.467. The molecule has 1 atom stereocenters. The van der Waals surface area contributed by atoms with Gasteiger partial charge in [-0.25, -0.2) is 9.69 Å². The number of fused-ring (bicyclic) bond motifs is 1. The van der Waals surface area contributed by atoms with Crippen molar-refractivity contribution in [2.45, 2.75) is 38.8 Å². The highest BCUT2D eigenvalue weighted by atomic mass is 16.5. The van der Waals surface area contributed by atoms with E-state index in [-0.39, 0.29) is 18.0 Å². The number of hydrogen-bond donors (Lipinski definition) is 0. The number of imide groups is 1. The first-order valence-corrected chi connectivity index (χ1v) is 6.74. The van der Waals surface area contributed by atoms with Gasteiger partial charge in [0.15, 0.2) is 0 Å². The summed E-state index contributed by atoms with van der Waals surface area (Å²) in [6.45, 7) is 5.51. The molecule has 2 heterocycles. The lowest BCUT2D eigenvalue weighted by Gasteiger charge is -2.22. The SMILES string of the molecule is CC1Cc2cc(N3C(=O)N(C)C(C)(C)C3=O)ccc2O1. The summed E-state index contributed by atoms with van der Waals surface area (Å²) in [5, 5.41) is 0. The molecular formula is C15H18N2O3. The van der Waals surface area contributed by atoms with Gasteiger partial charge in [-0.05, 0) is 44.5 Å². The Balaban J connectivity index is 2.01. The number of carbonyl (C=O) groups is 2. The van der Waals surface area contributed by atoms with Crippen LogP contribution in [0.3, 0.4) is 0 Å². The number of benzene rings is 1. The number of carbonyl (C=O) groups excluding carboxylic acids is 2. The normalized spacial score (nSPS) is 24.1. The first-order valence-electron chi connectivity index (χ1n) is 6.74. The van der Waals surface area contributed by atoms with Crippen molar-refractivity contribution < 1.29 is 14.3 Å². The highest BCUT2D eigenvalue weighted by molar-refractivity contribution is 6.22. The first-order chi connectivity index (χ1) is 9.32. The smallest absolute Gasteiger partial charge is 0.332 e. The Bertz CT molecular complexity index is 609. The molecule has 2 aliphatic rings. The van der Waals surface area contributed by atoms with Crippen molar-refractivity contribution in [3.05, 3.63) is 23.8 Å². The minimum absolute atomic E-state index is 0.143. The zero-order valence-corrected chi connectivity index (χ0v) is 12.1. The molecule has 1 saturated heterocycles. The van der Waals surface area contributed by atoms with E-state index >= 15 is 0 Å². The summed E-state index contributed by atoms with van der Waals surface area (Å²) in [5.41, 5.74) is 0.858. The van der Waals surface area contributed by atoms with Crippen molar-refractivity contribution in [1.82, 2.24) is 4.90 Å². The topological polar surface area (TPSA) is 49.9 Å². The summed E-state index contributed by atoms with van der Waals surface area (Å²) >= 11 is 0. The van der Waals surface area contributed by atoms with Gasteiger partial charge < -0.3 is 9.64 Å². The predicted molar refractivity (Wildman–Crippen MR) is 75.0 cm³/mol. The zero-order chi connectivity index (χ0) is 14.7. The molecule has 0 aliphatic carbocycles. The van der Waals surface area contributed by atoms with Crippen molar-refractivity contribution in [3.63, 3.8) is 0 Å². The van der Waals surface area contributed by atoms with E-state index in [0.717, 1.165) is 17.7 Å². The second-order valence-corrected chi connectivity index (χ2v) is 5.97. The molecular weight excluding hydrogens is 256 g/mol. The third-order valence-electron chi connectivity index (χ3n) is 4.18. The van der Waals surface area contributed by atoms with Crippen LogP contribution < -0.4 is 9.64 Å². The summed E-state index contributed by atoms with van der Waals surface area (Å²) in [5.74, 6) is 0.643. The molecule has 0 aromatic heterocycles. The van der Waals surface area contributed by atoms with Gasteiger partial charge in [-0.2, -0.15) is 0 Å². The molecule has 3 amide bonds. The van der Waals surface area contributed by atoms with Crippen LogP contribution >= 0.6 is 0 Å². The molecule has 0 radical (unpaired) electrons. The van der Waals surface area contributed by atoms with Gasteiger partial charge in [0.25, 0.3) is 5.91 Å². The van der Waals surface area contributed by atoms with E-state index in [1.54, 1.807) is 27.0 Å². The van der Waals surface area contributed by atoms with Crippen molar-refractivity contribution in [3.8, 4) is 5.75 Å². The predicted octanol–water partition coefficient (Wildman–Crippen LogP) is 2.19. The Hall–Kier alpha value is -2.04. The number of hydrogen-bond acceptors (Lipinski definition) is 3. The van der Waals surface area contributed by atoms with Crippen LogP contribution in [0.2, 0.25) is 0 Å². The molecule has 0 N–H and O–H groups in total. The van der Waals surface area contributed by atoms with Gasteiger partial charge in [-0.15, -0.1) is 0 Å². The number of anilines is 1. The molecule has 0 saturated carbocycles. The zero-order valence-electron chi connectivity index (χ0n) is 12.1. The van der Waals surface area contributed by atoms with E-state index in [0.29, 0.717) is 5.69 Å². The van der Waals surface area contributed by atoms with Gasteiger partial charge in [0.2, 0.25) is 0 Å². The minimum Gasteiger partial charge on any atom is -0.490 e. The maximum atomic E-state index is 12.4. The van der Waals surface area contributed by atoms with Crippen molar-refractivity contribution >= 4 is 17.6 Å².